The van der Waals surface area contributed by atoms with E-state index in [1.165, 1.54) is 0 Å². The van der Waals surface area contributed by atoms with Crippen molar-refractivity contribution in [2.75, 3.05) is 5.73 Å². The number of nitrogens with two attached hydrogens (primary N) is 1. The van der Waals surface area contributed by atoms with Gasteiger partial charge in [0.05, 0.1) is 6.04 Å². The summed E-state index contributed by atoms with van der Waals surface area (Å²) in [5, 5.41) is 2.76. The van der Waals surface area contributed by atoms with Crippen LogP contribution in [0.4, 0.5) is 10.5 Å². The van der Waals surface area contributed by atoms with Crippen LogP contribution in [0.3, 0.4) is 0 Å². The molecule has 4 heteroatoms. The highest BCUT2D eigenvalue weighted by Crippen LogP contribution is 2.16. The lowest BCUT2D eigenvalue weighted by Gasteiger charge is -2.22. The lowest BCUT2D eigenvalue weighted by Crippen LogP contribution is -2.34. The van der Waals surface area contributed by atoms with Gasteiger partial charge in [0.15, 0.2) is 0 Å². The molecule has 0 aromatic heterocycles. The molecule has 17 heavy (non-hydrogen) atoms. The van der Waals surface area contributed by atoms with E-state index >= 15 is 0 Å². The van der Waals surface area contributed by atoms with Gasteiger partial charge in [0.25, 0.3) is 0 Å². The van der Waals surface area contributed by atoms with E-state index in [1.54, 1.807) is 0 Å². The van der Waals surface area contributed by atoms with Gasteiger partial charge in [-0.15, -0.1) is 0 Å². The summed E-state index contributed by atoms with van der Waals surface area (Å²) < 4.78 is 5.18. The molecule has 0 radical (unpaired) electrons. The largest absolute Gasteiger partial charge is 0.444 e. The minimum absolute atomic E-state index is 0.131. The Morgan fingerprint density at radius 3 is 2.59 bits per heavy atom. The number of nitrogen functional groups attached to an aromatic ring is 1. The number of hydrogen-bond acceptors (Lipinski definition) is 3. The first-order chi connectivity index (χ1) is 7.78. The van der Waals surface area contributed by atoms with Crippen LogP contribution >= 0.6 is 0 Å². The second kappa shape index (κ2) is 5.08. The predicted molar refractivity (Wildman–Crippen MR) is 68.6 cm³/mol. The molecule has 0 saturated carbocycles. The molecule has 0 bridgehead atoms. The number of ether oxygens (including phenoxy) is 1. The van der Waals surface area contributed by atoms with Gasteiger partial charge in [0.1, 0.15) is 5.60 Å². The number of anilines is 1. The average molecular weight is 236 g/mol. The number of carbonyl (C=O) groups is 1. The highest BCUT2D eigenvalue weighted by Gasteiger charge is 2.18. The van der Waals surface area contributed by atoms with Crippen molar-refractivity contribution < 1.29 is 9.53 Å². The van der Waals surface area contributed by atoms with Crippen molar-refractivity contribution in [2.24, 2.45) is 0 Å². The number of alkyl carbamates (subject to hydrolysis) is 1. The van der Waals surface area contributed by atoms with Crippen molar-refractivity contribution in [1.29, 1.82) is 0 Å². The van der Waals surface area contributed by atoms with Crippen LogP contribution in [0.15, 0.2) is 24.3 Å². The van der Waals surface area contributed by atoms with Crippen molar-refractivity contribution in [3.8, 4) is 0 Å². The Morgan fingerprint density at radius 1 is 1.41 bits per heavy atom. The maximum Gasteiger partial charge on any atom is 0.408 e. The fourth-order valence-electron chi connectivity index (χ4n) is 1.40. The Morgan fingerprint density at radius 2 is 2.06 bits per heavy atom. The van der Waals surface area contributed by atoms with Gasteiger partial charge in [-0.25, -0.2) is 4.79 Å². The Kier molecular flexibility index (Phi) is 3.99. The Labute approximate surface area is 102 Å². The molecule has 1 atom stereocenters. The van der Waals surface area contributed by atoms with Gasteiger partial charge in [-0.3, -0.25) is 0 Å². The topological polar surface area (TPSA) is 64.3 Å². The maximum atomic E-state index is 11.6. The quantitative estimate of drug-likeness (QED) is 0.776. The summed E-state index contributed by atoms with van der Waals surface area (Å²) >= 11 is 0. The van der Waals surface area contributed by atoms with Crippen LogP contribution in [0.2, 0.25) is 0 Å². The molecule has 1 amide bonds. The summed E-state index contributed by atoms with van der Waals surface area (Å²) in [5.74, 6) is 0. The van der Waals surface area contributed by atoms with Crippen LogP contribution in [0.1, 0.15) is 39.3 Å². The third-order valence-electron chi connectivity index (χ3n) is 2.14. The van der Waals surface area contributed by atoms with E-state index in [2.05, 4.69) is 5.32 Å². The minimum atomic E-state index is -0.487. The SMILES string of the molecule is CC(NC(=O)OC(C)(C)C)c1cccc(N)c1. The van der Waals surface area contributed by atoms with Crippen LogP contribution in [0.5, 0.6) is 0 Å². The molecule has 0 spiro atoms. The molecule has 94 valence electrons. The lowest BCUT2D eigenvalue weighted by molar-refractivity contribution is 0.0508. The molecule has 0 aliphatic heterocycles. The Balaban J connectivity index is 2.61. The number of carbonyl (C=O) groups excluding carboxylic acids is 1. The monoisotopic (exact) mass is 236 g/mol. The van der Waals surface area contributed by atoms with Crippen LogP contribution in [0.25, 0.3) is 0 Å². The zero-order valence-electron chi connectivity index (χ0n) is 10.8. The molecule has 0 aliphatic carbocycles. The maximum absolute atomic E-state index is 11.6. The molecule has 1 rings (SSSR count). The first-order valence-electron chi connectivity index (χ1n) is 5.63. The van der Waals surface area contributed by atoms with Gasteiger partial charge in [-0.2, -0.15) is 0 Å². The van der Waals surface area contributed by atoms with E-state index in [0.29, 0.717) is 5.69 Å². The highest BCUT2D eigenvalue weighted by molar-refractivity contribution is 5.68. The third kappa shape index (κ3) is 4.76. The molecule has 3 N–H and O–H groups in total. The summed E-state index contributed by atoms with van der Waals surface area (Å²) in [7, 11) is 0. The fourth-order valence-corrected chi connectivity index (χ4v) is 1.40. The van der Waals surface area contributed by atoms with E-state index in [9.17, 15) is 4.79 Å². The summed E-state index contributed by atoms with van der Waals surface area (Å²) in [5.41, 5.74) is 6.83. The molecule has 1 aromatic carbocycles. The van der Waals surface area contributed by atoms with Crippen molar-refractivity contribution in [3.05, 3.63) is 29.8 Å². The van der Waals surface area contributed by atoms with E-state index < -0.39 is 11.7 Å². The van der Waals surface area contributed by atoms with Gasteiger partial charge in [-0.1, -0.05) is 12.1 Å². The molecule has 0 aliphatic rings. The summed E-state index contributed by atoms with van der Waals surface area (Å²) in [4.78, 5) is 11.6. The third-order valence-corrected chi connectivity index (χ3v) is 2.14. The van der Waals surface area contributed by atoms with E-state index in [1.807, 2.05) is 52.0 Å². The second-order valence-electron chi connectivity index (χ2n) is 5.04. The molecule has 0 fully saturated rings. The van der Waals surface area contributed by atoms with E-state index in [0.717, 1.165) is 5.56 Å². The normalized spacial score (nSPS) is 12.9. The first-order valence-corrected chi connectivity index (χ1v) is 5.63. The van der Waals surface area contributed by atoms with E-state index in [4.69, 9.17) is 10.5 Å². The number of rotatable bonds is 2. The summed E-state index contributed by atoms with van der Waals surface area (Å²) in [6.45, 7) is 7.38. The first kappa shape index (κ1) is 13.4. The standard InChI is InChI=1S/C13H20N2O2/c1-9(10-6-5-7-11(14)8-10)15-12(16)17-13(2,3)4/h5-9H,14H2,1-4H3,(H,15,16). The van der Waals surface area contributed by atoms with Crippen molar-refractivity contribution in [1.82, 2.24) is 5.32 Å². The Hall–Kier alpha value is -1.71. The highest BCUT2D eigenvalue weighted by atomic mass is 16.6. The van der Waals surface area contributed by atoms with Gasteiger partial charge in [0, 0.05) is 5.69 Å². The molecule has 4 nitrogen and oxygen atoms in total. The molecule has 1 aromatic rings. The molecule has 0 saturated heterocycles. The van der Waals surface area contributed by atoms with E-state index in [-0.39, 0.29) is 6.04 Å². The van der Waals surface area contributed by atoms with Gasteiger partial charge in [-0.05, 0) is 45.4 Å². The number of benzene rings is 1. The number of nitrogens with one attached hydrogen (secondary N) is 1. The summed E-state index contributed by atoms with van der Waals surface area (Å²) in [6, 6.07) is 7.29. The van der Waals surface area contributed by atoms with Gasteiger partial charge < -0.3 is 15.8 Å². The Bertz CT molecular complexity index is 397. The smallest absolute Gasteiger partial charge is 0.408 e. The molecule has 1 unspecified atom stereocenters. The number of amides is 1. The van der Waals surface area contributed by atoms with Crippen molar-refractivity contribution in [3.63, 3.8) is 0 Å². The fraction of sp³-hybridized carbons (Fsp3) is 0.462. The minimum Gasteiger partial charge on any atom is -0.444 e. The van der Waals surface area contributed by atoms with Gasteiger partial charge in [0.2, 0.25) is 0 Å². The molecule has 0 heterocycles. The zero-order valence-corrected chi connectivity index (χ0v) is 10.8. The van der Waals surface area contributed by atoms with Crippen molar-refractivity contribution >= 4 is 11.8 Å². The molecular weight excluding hydrogens is 216 g/mol. The zero-order chi connectivity index (χ0) is 13.1. The van der Waals surface area contributed by atoms with Crippen molar-refractivity contribution in [2.45, 2.75) is 39.3 Å². The van der Waals surface area contributed by atoms with Gasteiger partial charge >= 0.3 is 6.09 Å². The average Bonchev–Trinajstić information content (AvgIpc) is 2.14. The van der Waals surface area contributed by atoms with Crippen LogP contribution < -0.4 is 11.1 Å². The lowest BCUT2D eigenvalue weighted by atomic mass is 10.1. The van der Waals surface area contributed by atoms with Crippen LogP contribution in [-0.2, 0) is 4.74 Å². The predicted octanol–water partition coefficient (Wildman–Crippen LogP) is 2.85. The molecular formula is C13H20N2O2. The number of hydrogen-bond donors (Lipinski definition) is 2. The summed E-state index contributed by atoms with van der Waals surface area (Å²) in [6.07, 6.45) is -0.424. The van der Waals surface area contributed by atoms with Crippen LogP contribution in [0, 0.1) is 0 Å². The second-order valence-corrected chi connectivity index (χ2v) is 5.04. The van der Waals surface area contributed by atoms with Crippen LogP contribution in [-0.4, -0.2) is 11.7 Å².